The Kier molecular flexibility index (Phi) is 8.55. The van der Waals surface area contributed by atoms with Crippen LogP contribution >= 0.6 is 11.3 Å². The number of nitrogens with one attached hydrogen (secondary N) is 1. The standard InChI is InChI=1S/C29H39N5O5S/c1-29(2,3)25(27(37)34-10-9-23-24(34)22(35)17-39-23)31-26(36)20-7-5-19(6-8-20)21-18-40-28(30-21)33-13-11-32(12-14-33)15-16-38-4/h5-8,18,23-25H,9-17H2,1-4H3,(H,31,36)/t23-,24-,25?/m1/s1. The Hall–Kier alpha value is -2.86. The fourth-order valence-corrected chi connectivity index (χ4v) is 6.48. The van der Waals surface area contributed by atoms with Crippen molar-refractivity contribution in [1.29, 1.82) is 0 Å². The molecule has 1 N–H and O–H groups in total. The third-order valence-electron chi connectivity index (χ3n) is 7.97. The van der Waals surface area contributed by atoms with Crippen molar-refractivity contribution in [2.75, 3.05) is 64.5 Å². The van der Waals surface area contributed by atoms with Gasteiger partial charge in [0.2, 0.25) is 5.91 Å². The Balaban J connectivity index is 1.22. The summed E-state index contributed by atoms with van der Waals surface area (Å²) in [6, 6.07) is 6.00. The van der Waals surface area contributed by atoms with E-state index >= 15 is 0 Å². The molecule has 0 bridgehead atoms. The Morgan fingerprint density at radius 1 is 1.15 bits per heavy atom. The van der Waals surface area contributed by atoms with Crippen molar-refractivity contribution in [3.05, 3.63) is 35.2 Å². The van der Waals surface area contributed by atoms with Crippen LogP contribution in [0.25, 0.3) is 11.3 Å². The first-order valence-electron chi connectivity index (χ1n) is 13.9. The zero-order chi connectivity index (χ0) is 28.4. The molecular formula is C29H39N5O5S. The van der Waals surface area contributed by atoms with Crippen molar-refractivity contribution in [2.24, 2.45) is 5.41 Å². The summed E-state index contributed by atoms with van der Waals surface area (Å²) in [4.78, 5) is 50.4. The molecule has 0 spiro atoms. The summed E-state index contributed by atoms with van der Waals surface area (Å²) < 4.78 is 10.7. The number of benzene rings is 1. The monoisotopic (exact) mass is 569 g/mol. The summed E-state index contributed by atoms with van der Waals surface area (Å²) in [5.74, 6) is -0.631. The number of amides is 2. The zero-order valence-electron chi connectivity index (χ0n) is 23.7. The summed E-state index contributed by atoms with van der Waals surface area (Å²) in [6.07, 6.45) is 0.397. The van der Waals surface area contributed by atoms with Crippen molar-refractivity contribution < 1.29 is 23.9 Å². The predicted octanol–water partition coefficient (Wildman–Crippen LogP) is 2.29. The molecule has 3 aliphatic heterocycles. The van der Waals surface area contributed by atoms with E-state index in [4.69, 9.17) is 14.5 Å². The van der Waals surface area contributed by atoms with Crippen molar-refractivity contribution in [3.8, 4) is 11.3 Å². The average Bonchev–Trinajstić information content (AvgIpc) is 3.68. The Labute approximate surface area is 239 Å². The highest BCUT2D eigenvalue weighted by atomic mass is 32.1. The molecule has 3 fully saturated rings. The molecule has 4 heterocycles. The number of anilines is 1. The Bertz CT molecular complexity index is 1220. The smallest absolute Gasteiger partial charge is 0.251 e. The molecule has 2 amide bonds. The number of hydrogen-bond acceptors (Lipinski definition) is 9. The van der Waals surface area contributed by atoms with E-state index in [-0.39, 0.29) is 30.3 Å². The minimum absolute atomic E-state index is 0.0456. The maximum Gasteiger partial charge on any atom is 0.251 e. The third kappa shape index (κ3) is 6.07. The van der Waals surface area contributed by atoms with E-state index in [9.17, 15) is 14.4 Å². The van der Waals surface area contributed by atoms with Crippen LogP contribution in [0.3, 0.4) is 0 Å². The minimum Gasteiger partial charge on any atom is -0.383 e. The number of carbonyl (C=O) groups excluding carboxylic acids is 3. The SMILES string of the molecule is COCCN1CCN(c2nc(-c3ccc(C(=O)NC(C(=O)N4CC[C@H]5OCC(=O)[C@H]54)C(C)(C)C)cc3)cs2)CC1. The van der Waals surface area contributed by atoms with Crippen molar-refractivity contribution in [3.63, 3.8) is 0 Å². The van der Waals surface area contributed by atoms with Gasteiger partial charge in [-0.3, -0.25) is 19.3 Å². The Morgan fingerprint density at radius 2 is 1.88 bits per heavy atom. The van der Waals surface area contributed by atoms with Crippen molar-refractivity contribution in [2.45, 2.75) is 45.4 Å². The number of Topliss-reactive ketones (excluding diaryl/α,β-unsaturated/α-hetero) is 1. The van der Waals surface area contributed by atoms with Gasteiger partial charge in [-0.25, -0.2) is 4.98 Å². The van der Waals surface area contributed by atoms with Crippen LogP contribution in [0, 0.1) is 5.41 Å². The molecule has 0 aliphatic carbocycles. The number of methoxy groups -OCH3 is 1. The molecule has 0 saturated carbocycles. The van der Waals surface area contributed by atoms with Gasteiger partial charge in [-0.1, -0.05) is 32.9 Å². The van der Waals surface area contributed by atoms with Gasteiger partial charge in [0.1, 0.15) is 18.7 Å². The van der Waals surface area contributed by atoms with Crippen molar-refractivity contribution >= 4 is 34.1 Å². The van der Waals surface area contributed by atoms with E-state index in [0.29, 0.717) is 18.5 Å². The molecule has 1 aromatic heterocycles. The first-order valence-corrected chi connectivity index (χ1v) is 14.8. The molecule has 216 valence electrons. The highest BCUT2D eigenvalue weighted by molar-refractivity contribution is 7.14. The van der Waals surface area contributed by atoms with Gasteiger partial charge in [-0.05, 0) is 24.0 Å². The van der Waals surface area contributed by atoms with Crippen LogP contribution in [0.5, 0.6) is 0 Å². The van der Waals surface area contributed by atoms with Gasteiger partial charge >= 0.3 is 0 Å². The lowest BCUT2D eigenvalue weighted by Crippen LogP contribution is -2.57. The maximum atomic E-state index is 13.6. The molecular weight excluding hydrogens is 530 g/mol. The number of thiazole rings is 1. The van der Waals surface area contributed by atoms with Gasteiger partial charge in [0.25, 0.3) is 5.91 Å². The molecule has 1 unspecified atom stereocenters. The zero-order valence-corrected chi connectivity index (χ0v) is 24.5. The van der Waals surface area contributed by atoms with Gasteiger partial charge in [0, 0.05) is 62.9 Å². The van der Waals surface area contributed by atoms with E-state index in [1.54, 1.807) is 35.5 Å². The number of ether oxygens (including phenoxy) is 2. The van der Waals surface area contributed by atoms with E-state index in [1.807, 2.05) is 38.3 Å². The summed E-state index contributed by atoms with van der Waals surface area (Å²) >= 11 is 1.63. The first-order chi connectivity index (χ1) is 19.2. The van der Waals surface area contributed by atoms with Crippen LogP contribution < -0.4 is 10.2 Å². The number of fused-ring (bicyclic) bond motifs is 1. The maximum absolute atomic E-state index is 13.6. The lowest BCUT2D eigenvalue weighted by molar-refractivity contribution is -0.140. The van der Waals surface area contributed by atoms with E-state index < -0.39 is 17.5 Å². The number of rotatable bonds is 8. The fourth-order valence-electron chi connectivity index (χ4n) is 5.59. The number of ketones is 1. The second-order valence-electron chi connectivity index (χ2n) is 11.8. The summed E-state index contributed by atoms with van der Waals surface area (Å²) in [6.45, 7) is 11.8. The van der Waals surface area contributed by atoms with E-state index in [2.05, 4.69) is 15.1 Å². The average molecular weight is 570 g/mol. The molecule has 1 aromatic carbocycles. The molecule has 11 heteroatoms. The number of carbonyl (C=O) groups is 3. The van der Waals surface area contributed by atoms with Crippen LogP contribution in [-0.4, -0.2) is 110 Å². The summed E-state index contributed by atoms with van der Waals surface area (Å²) in [5.41, 5.74) is 1.74. The van der Waals surface area contributed by atoms with Gasteiger partial charge in [0.05, 0.1) is 18.4 Å². The van der Waals surface area contributed by atoms with Gasteiger partial charge < -0.3 is 24.6 Å². The van der Waals surface area contributed by atoms with E-state index in [0.717, 1.165) is 55.7 Å². The van der Waals surface area contributed by atoms with Crippen molar-refractivity contribution in [1.82, 2.24) is 20.1 Å². The third-order valence-corrected chi connectivity index (χ3v) is 8.87. The lowest BCUT2D eigenvalue weighted by atomic mass is 9.85. The quantitative estimate of drug-likeness (QED) is 0.517. The number of hydrogen-bond donors (Lipinski definition) is 1. The molecule has 5 rings (SSSR count). The van der Waals surface area contributed by atoms with Crippen LogP contribution in [-0.2, 0) is 19.1 Å². The van der Waals surface area contributed by atoms with Gasteiger partial charge in [-0.2, -0.15) is 0 Å². The Morgan fingerprint density at radius 3 is 2.55 bits per heavy atom. The second kappa shape index (κ2) is 11.9. The van der Waals surface area contributed by atoms with Gasteiger partial charge in [0.15, 0.2) is 10.9 Å². The molecule has 10 nitrogen and oxygen atoms in total. The normalized spacial score (nSPS) is 22.4. The molecule has 3 aliphatic rings. The summed E-state index contributed by atoms with van der Waals surface area (Å²) in [7, 11) is 1.73. The highest BCUT2D eigenvalue weighted by Gasteiger charge is 2.49. The minimum atomic E-state index is -0.775. The van der Waals surface area contributed by atoms with Crippen LogP contribution in [0.2, 0.25) is 0 Å². The first kappa shape index (κ1) is 28.7. The van der Waals surface area contributed by atoms with Gasteiger partial charge in [-0.15, -0.1) is 11.3 Å². The lowest BCUT2D eigenvalue weighted by Gasteiger charge is -2.35. The molecule has 2 aromatic rings. The molecule has 0 radical (unpaired) electrons. The largest absolute Gasteiger partial charge is 0.383 e. The molecule has 3 atom stereocenters. The number of piperazine rings is 1. The fraction of sp³-hybridized carbons (Fsp3) is 0.586. The van der Waals surface area contributed by atoms with Crippen LogP contribution in [0.4, 0.5) is 5.13 Å². The number of nitrogens with zero attached hydrogens (tertiary/aromatic N) is 4. The molecule has 40 heavy (non-hydrogen) atoms. The van der Waals surface area contributed by atoms with Crippen LogP contribution in [0.15, 0.2) is 29.6 Å². The summed E-state index contributed by atoms with van der Waals surface area (Å²) in [5, 5.41) is 6.01. The van der Waals surface area contributed by atoms with E-state index in [1.165, 1.54) is 0 Å². The topological polar surface area (TPSA) is 104 Å². The highest BCUT2D eigenvalue weighted by Crippen LogP contribution is 2.31. The predicted molar refractivity (Wildman–Crippen MR) is 154 cm³/mol. The molecule has 3 saturated heterocycles. The number of likely N-dealkylation sites (tertiary alicyclic amines) is 1. The number of aromatic nitrogens is 1. The van der Waals surface area contributed by atoms with Crippen LogP contribution in [0.1, 0.15) is 37.6 Å². The second-order valence-corrected chi connectivity index (χ2v) is 12.6.